The van der Waals surface area contributed by atoms with E-state index in [4.69, 9.17) is 5.73 Å². The largest absolute Gasteiger partial charge is 0.369 e. The van der Waals surface area contributed by atoms with Crippen molar-refractivity contribution in [1.82, 2.24) is 5.32 Å². The van der Waals surface area contributed by atoms with E-state index in [1.54, 1.807) is 6.92 Å². The molecule has 0 aliphatic carbocycles. The lowest BCUT2D eigenvalue weighted by Gasteiger charge is -2.19. The van der Waals surface area contributed by atoms with Crippen LogP contribution in [0.5, 0.6) is 0 Å². The number of carbonyl (C=O) groups is 2. The minimum atomic E-state index is -0.342. The maximum absolute atomic E-state index is 11.7. The van der Waals surface area contributed by atoms with Crippen molar-refractivity contribution in [3.05, 3.63) is 0 Å². The fraction of sp³-hybridized carbons (Fsp3) is 0.818. The third kappa shape index (κ3) is 5.40. The lowest BCUT2D eigenvalue weighted by Crippen LogP contribution is -2.37. The van der Waals surface area contributed by atoms with Gasteiger partial charge in [0.2, 0.25) is 11.8 Å². The van der Waals surface area contributed by atoms with Gasteiger partial charge in [-0.15, -0.1) is 0 Å². The van der Waals surface area contributed by atoms with Crippen molar-refractivity contribution < 1.29 is 9.59 Å². The molecule has 0 rings (SSSR count). The van der Waals surface area contributed by atoms with Gasteiger partial charge in [0.05, 0.1) is 0 Å². The second-order valence-electron chi connectivity index (χ2n) is 4.31. The molecule has 0 aliphatic heterocycles. The van der Waals surface area contributed by atoms with Crippen LogP contribution in [0.4, 0.5) is 0 Å². The molecule has 0 aliphatic rings. The highest BCUT2D eigenvalue weighted by atomic mass is 16.2. The molecule has 2 unspecified atom stereocenters. The zero-order chi connectivity index (χ0) is 12.0. The molecule has 3 N–H and O–H groups in total. The Kier molecular flexibility index (Phi) is 5.97. The van der Waals surface area contributed by atoms with E-state index in [9.17, 15) is 9.59 Å². The number of nitrogens with one attached hydrogen (secondary N) is 1. The van der Waals surface area contributed by atoms with Crippen LogP contribution in [0, 0.1) is 11.8 Å². The molecule has 0 aromatic heterocycles. The maximum atomic E-state index is 11.7. The van der Waals surface area contributed by atoms with Crippen LogP contribution in [-0.4, -0.2) is 17.9 Å². The summed E-state index contributed by atoms with van der Waals surface area (Å²) in [4.78, 5) is 22.6. The van der Waals surface area contributed by atoms with Gasteiger partial charge >= 0.3 is 0 Å². The Morgan fingerprint density at radius 3 is 2.13 bits per heavy atom. The predicted molar refractivity (Wildman–Crippen MR) is 60.0 cm³/mol. The van der Waals surface area contributed by atoms with E-state index in [-0.39, 0.29) is 29.7 Å². The molecule has 0 saturated heterocycles. The number of nitrogens with two attached hydrogens (primary N) is 1. The molecule has 2 atom stereocenters. The van der Waals surface area contributed by atoms with Crippen molar-refractivity contribution in [3.63, 3.8) is 0 Å². The molecule has 4 nitrogen and oxygen atoms in total. The highest BCUT2D eigenvalue weighted by Crippen LogP contribution is 2.15. The molecule has 15 heavy (non-hydrogen) atoms. The van der Waals surface area contributed by atoms with Crippen LogP contribution in [0.15, 0.2) is 0 Å². The fourth-order valence-electron chi connectivity index (χ4n) is 1.40. The van der Waals surface area contributed by atoms with Crippen LogP contribution >= 0.6 is 0 Å². The van der Waals surface area contributed by atoms with E-state index < -0.39 is 0 Å². The number of hydrogen-bond donors (Lipinski definition) is 2. The van der Waals surface area contributed by atoms with Crippen LogP contribution in [0.1, 0.15) is 40.5 Å². The summed E-state index contributed by atoms with van der Waals surface area (Å²) >= 11 is 0. The Balaban J connectivity index is 4.24. The Labute approximate surface area is 91.6 Å². The van der Waals surface area contributed by atoms with Crippen LogP contribution in [0.25, 0.3) is 0 Å². The summed E-state index contributed by atoms with van der Waals surface area (Å²) in [7, 11) is 0. The molecule has 0 heterocycles. The van der Waals surface area contributed by atoms with Gasteiger partial charge in [-0.3, -0.25) is 9.59 Å². The van der Waals surface area contributed by atoms with Crippen molar-refractivity contribution in [2.75, 3.05) is 0 Å². The van der Waals surface area contributed by atoms with E-state index in [1.165, 1.54) is 0 Å². The number of carbonyl (C=O) groups excluding carboxylic acids is 2. The van der Waals surface area contributed by atoms with E-state index in [0.29, 0.717) is 6.42 Å². The summed E-state index contributed by atoms with van der Waals surface area (Å²) in [6.45, 7) is 7.54. The molecule has 88 valence electrons. The molecule has 0 aromatic carbocycles. The average molecular weight is 214 g/mol. The van der Waals surface area contributed by atoms with Crippen LogP contribution < -0.4 is 11.1 Å². The normalized spacial score (nSPS) is 14.7. The van der Waals surface area contributed by atoms with Crippen molar-refractivity contribution in [2.45, 2.75) is 46.6 Å². The smallest absolute Gasteiger partial charge is 0.223 e. The highest BCUT2D eigenvalue weighted by molar-refractivity contribution is 5.81. The molecule has 0 aromatic rings. The molecule has 0 spiro atoms. The van der Waals surface area contributed by atoms with Gasteiger partial charge in [0, 0.05) is 17.9 Å². The number of primary amides is 1. The lowest BCUT2D eigenvalue weighted by atomic mass is 9.92. The zero-order valence-electron chi connectivity index (χ0n) is 10.0. The topological polar surface area (TPSA) is 72.2 Å². The summed E-state index contributed by atoms with van der Waals surface area (Å²) in [5.74, 6) is -0.686. The lowest BCUT2D eigenvalue weighted by molar-refractivity contribution is -0.127. The maximum Gasteiger partial charge on any atom is 0.223 e. The summed E-state index contributed by atoms with van der Waals surface area (Å²) in [6.07, 6.45) is 1.26. The van der Waals surface area contributed by atoms with Gasteiger partial charge in [0.25, 0.3) is 0 Å². The standard InChI is InChI=1S/C11H22N2O2/c1-5-9(6-8(4)10(12)14)11(15)13-7(2)3/h7-9H,5-6H2,1-4H3,(H2,12,14)(H,13,15). The quantitative estimate of drug-likeness (QED) is 0.693. The number of hydrogen-bond acceptors (Lipinski definition) is 2. The summed E-state index contributed by atoms with van der Waals surface area (Å²) in [5.41, 5.74) is 5.17. The molecule has 0 bridgehead atoms. The highest BCUT2D eigenvalue weighted by Gasteiger charge is 2.21. The van der Waals surface area contributed by atoms with E-state index in [2.05, 4.69) is 5.32 Å². The minimum absolute atomic E-state index is 0.0144. The van der Waals surface area contributed by atoms with E-state index in [1.807, 2.05) is 20.8 Å². The van der Waals surface area contributed by atoms with E-state index in [0.717, 1.165) is 6.42 Å². The second-order valence-corrected chi connectivity index (χ2v) is 4.31. The SMILES string of the molecule is CCC(CC(C)C(N)=O)C(=O)NC(C)C. The number of rotatable bonds is 6. The van der Waals surface area contributed by atoms with Gasteiger partial charge in [-0.1, -0.05) is 13.8 Å². The van der Waals surface area contributed by atoms with Gasteiger partial charge in [-0.2, -0.15) is 0 Å². The van der Waals surface area contributed by atoms with Gasteiger partial charge < -0.3 is 11.1 Å². The molecular weight excluding hydrogens is 192 g/mol. The van der Waals surface area contributed by atoms with Crippen molar-refractivity contribution >= 4 is 11.8 Å². The molecular formula is C11H22N2O2. The number of amides is 2. The fourth-order valence-corrected chi connectivity index (χ4v) is 1.40. The molecule has 4 heteroatoms. The van der Waals surface area contributed by atoms with Gasteiger partial charge in [-0.25, -0.2) is 0 Å². The van der Waals surface area contributed by atoms with Crippen LogP contribution in [0.3, 0.4) is 0 Å². The third-order valence-electron chi connectivity index (χ3n) is 2.42. The van der Waals surface area contributed by atoms with Crippen LogP contribution in [0.2, 0.25) is 0 Å². The molecule has 0 saturated carbocycles. The van der Waals surface area contributed by atoms with Crippen molar-refractivity contribution in [1.29, 1.82) is 0 Å². The summed E-state index contributed by atoms with van der Waals surface area (Å²) < 4.78 is 0. The molecule has 0 fully saturated rings. The van der Waals surface area contributed by atoms with Gasteiger partial charge in [0.1, 0.15) is 0 Å². The Bertz CT molecular complexity index is 227. The predicted octanol–water partition coefficient (Wildman–Crippen LogP) is 1.05. The average Bonchev–Trinajstić information content (AvgIpc) is 2.11. The molecule has 2 amide bonds. The second kappa shape index (κ2) is 6.43. The third-order valence-corrected chi connectivity index (χ3v) is 2.42. The van der Waals surface area contributed by atoms with E-state index >= 15 is 0 Å². The first-order chi connectivity index (χ1) is 6.88. The minimum Gasteiger partial charge on any atom is -0.369 e. The van der Waals surface area contributed by atoms with Gasteiger partial charge in [-0.05, 0) is 26.7 Å². The summed E-state index contributed by atoms with van der Waals surface area (Å²) in [5, 5.41) is 2.85. The molecule has 0 radical (unpaired) electrons. The zero-order valence-corrected chi connectivity index (χ0v) is 10.0. The van der Waals surface area contributed by atoms with Crippen LogP contribution in [-0.2, 0) is 9.59 Å². The first kappa shape index (κ1) is 13.9. The van der Waals surface area contributed by atoms with Gasteiger partial charge in [0.15, 0.2) is 0 Å². The summed E-state index contributed by atoms with van der Waals surface area (Å²) in [6, 6.07) is 0.135. The van der Waals surface area contributed by atoms with Crippen molar-refractivity contribution in [3.8, 4) is 0 Å². The first-order valence-corrected chi connectivity index (χ1v) is 5.48. The van der Waals surface area contributed by atoms with Crippen molar-refractivity contribution in [2.24, 2.45) is 17.6 Å². The Morgan fingerprint density at radius 1 is 1.27 bits per heavy atom. The monoisotopic (exact) mass is 214 g/mol. The Hall–Kier alpha value is -1.06. The Morgan fingerprint density at radius 2 is 1.80 bits per heavy atom. The first-order valence-electron chi connectivity index (χ1n) is 5.48.